The lowest BCUT2D eigenvalue weighted by Gasteiger charge is -2.14. The molecule has 118 valence electrons. The number of nitrogens with one attached hydrogen (secondary N) is 2. The van der Waals surface area contributed by atoms with Crippen LogP contribution in [0, 0.1) is 0 Å². The first kappa shape index (κ1) is 15.1. The van der Waals surface area contributed by atoms with Gasteiger partial charge in [0.05, 0.1) is 5.56 Å². The molecule has 1 fully saturated rings. The van der Waals surface area contributed by atoms with E-state index in [2.05, 4.69) is 25.6 Å². The fraction of sp³-hybridized carbons (Fsp3) is 0.312. The molecule has 0 bridgehead atoms. The van der Waals surface area contributed by atoms with Gasteiger partial charge >= 0.3 is 0 Å². The van der Waals surface area contributed by atoms with Crippen molar-refractivity contribution in [2.45, 2.75) is 25.3 Å². The van der Waals surface area contributed by atoms with Gasteiger partial charge in [-0.3, -0.25) is 14.6 Å². The van der Waals surface area contributed by atoms with Gasteiger partial charge in [-0.15, -0.1) is 0 Å². The summed E-state index contributed by atoms with van der Waals surface area (Å²) in [6.45, 7) is 0.662. The Hall–Kier alpha value is -2.83. The third kappa shape index (κ3) is 3.68. The number of nitrogens with zero attached hydrogens (tertiary/aromatic N) is 3. The first-order valence-electron chi connectivity index (χ1n) is 7.55. The lowest BCUT2D eigenvalue weighted by molar-refractivity contribution is -0.122. The monoisotopic (exact) mass is 311 g/mol. The molecular formula is C16H17N5O2. The van der Waals surface area contributed by atoms with Crippen LogP contribution in [0.5, 0.6) is 0 Å². The van der Waals surface area contributed by atoms with Crippen LogP contribution in [0.4, 0.5) is 0 Å². The molecule has 7 heteroatoms. The Bertz CT molecular complexity index is 687. The molecule has 0 aromatic carbocycles. The second kappa shape index (κ2) is 6.95. The van der Waals surface area contributed by atoms with Gasteiger partial charge in [0, 0.05) is 36.9 Å². The van der Waals surface area contributed by atoms with E-state index in [1.807, 2.05) is 0 Å². The van der Waals surface area contributed by atoms with Crippen LogP contribution in [0.1, 0.15) is 29.6 Å². The van der Waals surface area contributed by atoms with Crippen LogP contribution in [-0.2, 0) is 4.79 Å². The molecule has 0 unspecified atom stereocenters. The van der Waals surface area contributed by atoms with E-state index in [-0.39, 0.29) is 11.8 Å². The number of rotatable bonds is 3. The highest BCUT2D eigenvalue weighted by atomic mass is 16.2. The van der Waals surface area contributed by atoms with Crippen molar-refractivity contribution in [3.63, 3.8) is 0 Å². The standard InChI is InChI=1S/C16H17N5O2/c22-15(21-13-3-1-2-6-18-16(13)23)12-9-19-14(20-10-12)11-4-7-17-8-5-11/h4-5,7-10,13H,1-3,6H2,(H,18,23)(H,21,22)/t13-/m0/s1. The molecule has 23 heavy (non-hydrogen) atoms. The van der Waals surface area contributed by atoms with Crippen LogP contribution in [0.3, 0.4) is 0 Å². The Labute approximate surface area is 133 Å². The van der Waals surface area contributed by atoms with Crippen molar-refractivity contribution in [1.29, 1.82) is 0 Å². The summed E-state index contributed by atoms with van der Waals surface area (Å²) in [5.74, 6) is 0.0506. The summed E-state index contributed by atoms with van der Waals surface area (Å²) in [6.07, 6.45) is 8.73. The number of pyridine rings is 1. The molecule has 7 nitrogen and oxygen atoms in total. The second-order valence-corrected chi connectivity index (χ2v) is 5.34. The molecule has 0 saturated carbocycles. The highest BCUT2D eigenvalue weighted by molar-refractivity contribution is 5.97. The Kier molecular flexibility index (Phi) is 4.56. The molecule has 0 radical (unpaired) electrons. The van der Waals surface area contributed by atoms with Gasteiger partial charge in [0.15, 0.2) is 5.82 Å². The van der Waals surface area contributed by atoms with Gasteiger partial charge in [-0.25, -0.2) is 9.97 Å². The van der Waals surface area contributed by atoms with E-state index in [1.54, 1.807) is 24.5 Å². The Balaban J connectivity index is 1.69. The smallest absolute Gasteiger partial charge is 0.255 e. The largest absolute Gasteiger partial charge is 0.354 e. The first-order chi connectivity index (χ1) is 11.2. The maximum Gasteiger partial charge on any atom is 0.255 e. The summed E-state index contributed by atoms with van der Waals surface area (Å²) in [7, 11) is 0. The molecule has 2 amide bonds. The fourth-order valence-electron chi connectivity index (χ4n) is 2.41. The third-order valence-electron chi connectivity index (χ3n) is 3.69. The first-order valence-corrected chi connectivity index (χ1v) is 7.55. The Morgan fingerprint density at radius 1 is 1.17 bits per heavy atom. The van der Waals surface area contributed by atoms with Gasteiger partial charge in [-0.1, -0.05) is 0 Å². The normalized spacial score (nSPS) is 17.9. The van der Waals surface area contributed by atoms with Crippen LogP contribution in [0.2, 0.25) is 0 Å². The minimum atomic E-state index is -0.495. The van der Waals surface area contributed by atoms with Crippen molar-refractivity contribution in [2.75, 3.05) is 6.54 Å². The van der Waals surface area contributed by atoms with Crippen molar-refractivity contribution >= 4 is 11.8 Å². The zero-order valence-corrected chi connectivity index (χ0v) is 12.5. The summed E-state index contributed by atoms with van der Waals surface area (Å²) in [5.41, 5.74) is 1.16. The Morgan fingerprint density at radius 3 is 2.65 bits per heavy atom. The van der Waals surface area contributed by atoms with Crippen molar-refractivity contribution in [1.82, 2.24) is 25.6 Å². The number of amides is 2. The number of aromatic nitrogens is 3. The molecule has 0 spiro atoms. The van der Waals surface area contributed by atoms with Crippen LogP contribution >= 0.6 is 0 Å². The average Bonchev–Trinajstić information content (AvgIpc) is 2.80. The van der Waals surface area contributed by atoms with Crippen molar-refractivity contribution < 1.29 is 9.59 Å². The molecule has 0 aliphatic carbocycles. The van der Waals surface area contributed by atoms with Crippen LogP contribution < -0.4 is 10.6 Å². The van der Waals surface area contributed by atoms with Crippen molar-refractivity contribution in [3.05, 3.63) is 42.5 Å². The lowest BCUT2D eigenvalue weighted by Crippen LogP contribution is -2.45. The lowest BCUT2D eigenvalue weighted by atomic mass is 10.1. The summed E-state index contributed by atoms with van der Waals surface area (Å²) in [4.78, 5) is 36.4. The van der Waals surface area contributed by atoms with Crippen molar-refractivity contribution in [3.8, 4) is 11.4 Å². The molecule has 1 saturated heterocycles. The van der Waals surface area contributed by atoms with E-state index in [0.717, 1.165) is 18.4 Å². The highest BCUT2D eigenvalue weighted by Gasteiger charge is 2.23. The molecule has 3 heterocycles. The summed E-state index contributed by atoms with van der Waals surface area (Å²) in [6, 6.07) is 3.10. The molecule has 3 rings (SSSR count). The SMILES string of the molecule is O=C(N[C@H]1CCCCNC1=O)c1cnc(-c2ccncc2)nc1. The van der Waals surface area contributed by atoms with E-state index in [0.29, 0.717) is 24.4 Å². The number of carbonyl (C=O) groups is 2. The maximum absolute atomic E-state index is 12.2. The maximum atomic E-state index is 12.2. The predicted molar refractivity (Wildman–Crippen MR) is 83.4 cm³/mol. The van der Waals surface area contributed by atoms with Gasteiger partial charge in [0.2, 0.25) is 5.91 Å². The summed E-state index contributed by atoms with van der Waals surface area (Å²) in [5, 5.41) is 5.53. The molecule has 2 aromatic rings. The molecule has 2 N–H and O–H groups in total. The molecule has 1 aliphatic heterocycles. The fourth-order valence-corrected chi connectivity index (χ4v) is 2.41. The molecule has 2 aromatic heterocycles. The van der Waals surface area contributed by atoms with Crippen molar-refractivity contribution in [2.24, 2.45) is 0 Å². The van der Waals surface area contributed by atoms with E-state index >= 15 is 0 Å². The van der Waals surface area contributed by atoms with Crippen LogP contribution in [0.25, 0.3) is 11.4 Å². The zero-order chi connectivity index (χ0) is 16.1. The zero-order valence-electron chi connectivity index (χ0n) is 12.5. The Morgan fingerprint density at radius 2 is 1.91 bits per heavy atom. The third-order valence-corrected chi connectivity index (χ3v) is 3.69. The average molecular weight is 311 g/mol. The minimum absolute atomic E-state index is 0.134. The molecule has 1 aliphatic rings. The van der Waals surface area contributed by atoms with Gasteiger partial charge in [0.1, 0.15) is 6.04 Å². The quantitative estimate of drug-likeness (QED) is 0.879. The number of hydrogen-bond donors (Lipinski definition) is 2. The van der Waals surface area contributed by atoms with Crippen LogP contribution in [-0.4, -0.2) is 39.4 Å². The van der Waals surface area contributed by atoms with E-state index in [9.17, 15) is 9.59 Å². The number of hydrogen-bond acceptors (Lipinski definition) is 5. The number of carbonyl (C=O) groups excluding carboxylic acids is 2. The summed E-state index contributed by atoms with van der Waals surface area (Å²) >= 11 is 0. The molecule has 1 atom stereocenters. The van der Waals surface area contributed by atoms with Gasteiger partial charge in [-0.05, 0) is 31.4 Å². The van der Waals surface area contributed by atoms with Crippen LogP contribution in [0.15, 0.2) is 36.9 Å². The minimum Gasteiger partial charge on any atom is -0.354 e. The van der Waals surface area contributed by atoms with E-state index < -0.39 is 6.04 Å². The predicted octanol–water partition coefficient (Wildman–Crippen LogP) is 0.937. The van der Waals surface area contributed by atoms with E-state index in [1.165, 1.54) is 12.4 Å². The van der Waals surface area contributed by atoms with E-state index in [4.69, 9.17) is 0 Å². The molecular weight excluding hydrogens is 294 g/mol. The summed E-state index contributed by atoms with van der Waals surface area (Å²) < 4.78 is 0. The second-order valence-electron chi connectivity index (χ2n) is 5.34. The van der Waals surface area contributed by atoms with Gasteiger partial charge < -0.3 is 10.6 Å². The van der Waals surface area contributed by atoms with Gasteiger partial charge in [-0.2, -0.15) is 0 Å². The highest BCUT2D eigenvalue weighted by Crippen LogP contribution is 2.12. The van der Waals surface area contributed by atoms with Gasteiger partial charge in [0.25, 0.3) is 5.91 Å². The topological polar surface area (TPSA) is 96.9 Å².